The summed E-state index contributed by atoms with van der Waals surface area (Å²) in [5.74, 6) is 2.49. The predicted molar refractivity (Wildman–Crippen MR) is 136 cm³/mol. The highest BCUT2D eigenvalue weighted by Gasteiger charge is 2.36. The van der Waals surface area contributed by atoms with Crippen LogP contribution in [0.3, 0.4) is 0 Å². The highest BCUT2D eigenvalue weighted by Crippen LogP contribution is 2.41. The topological polar surface area (TPSA) is 89.7 Å². The van der Waals surface area contributed by atoms with Gasteiger partial charge in [-0.1, -0.05) is 28.9 Å². The van der Waals surface area contributed by atoms with Gasteiger partial charge in [-0.05, 0) is 57.5 Å². The SMILES string of the molecule is COc1ccc2c(c1)OC(C)(C)CC2NC(=O)C1CCCN(Cc2nc(-c3cccc(Cl)c3)no2)C1. The van der Waals surface area contributed by atoms with Gasteiger partial charge in [-0.15, -0.1) is 0 Å². The summed E-state index contributed by atoms with van der Waals surface area (Å²) < 4.78 is 17.0. The van der Waals surface area contributed by atoms with Crippen molar-refractivity contribution in [3.63, 3.8) is 0 Å². The van der Waals surface area contributed by atoms with Gasteiger partial charge in [0.15, 0.2) is 0 Å². The number of methoxy groups -OCH3 is 1. The predicted octanol–water partition coefficient (Wildman–Crippen LogP) is 5.03. The lowest BCUT2D eigenvalue weighted by atomic mass is 9.88. The van der Waals surface area contributed by atoms with E-state index in [-0.39, 0.29) is 17.9 Å². The van der Waals surface area contributed by atoms with Crippen LogP contribution in [0.25, 0.3) is 11.4 Å². The van der Waals surface area contributed by atoms with Gasteiger partial charge in [0.25, 0.3) is 0 Å². The summed E-state index contributed by atoms with van der Waals surface area (Å²) in [7, 11) is 1.64. The van der Waals surface area contributed by atoms with Crippen LogP contribution in [-0.4, -0.2) is 46.7 Å². The number of nitrogens with zero attached hydrogens (tertiary/aromatic N) is 3. The highest BCUT2D eigenvalue weighted by molar-refractivity contribution is 6.30. The number of hydrogen-bond acceptors (Lipinski definition) is 7. The zero-order chi connectivity index (χ0) is 25.3. The molecular formula is C27H31ClN4O4. The van der Waals surface area contributed by atoms with Crippen molar-refractivity contribution < 1.29 is 18.8 Å². The Labute approximate surface area is 215 Å². The fourth-order valence-corrected chi connectivity index (χ4v) is 5.24. The molecule has 0 spiro atoms. The lowest BCUT2D eigenvalue weighted by molar-refractivity contribution is -0.128. The Balaban J connectivity index is 1.23. The molecule has 5 rings (SSSR count). The van der Waals surface area contributed by atoms with Crippen LogP contribution in [0.15, 0.2) is 47.0 Å². The Morgan fingerprint density at radius 3 is 2.94 bits per heavy atom. The van der Waals surface area contributed by atoms with Crippen molar-refractivity contribution in [3.05, 3.63) is 58.9 Å². The van der Waals surface area contributed by atoms with E-state index in [0.29, 0.717) is 36.2 Å². The van der Waals surface area contributed by atoms with Gasteiger partial charge in [0.1, 0.15) is 17.1 Å². The number of fused-ring (bicyclic) bond motifs is 1. The first-order valence-electron chi connectivity index (χ1n) is 12.3. The van der Waals surface area contributed by atoms with Crippen molar-refractivity contribution >= 4 is 17.5 Å². The fraction of sp³-hybridized carbons (Fsp3) is 0.444. The molecule has 8 nitrogen and oxygen atoms in total. The largest absolute Gasteiger partial charge is 0.497 e. The third-order valence-corrected chi connectivity index (χ3v) is 7.02. The van der Waals surface area contributed by atoms with Gasteiger partial charge < -0.3 is 19.3 Å². The smallest absolute Gasteiger partial charge is 0.241 e. The maximum atomic E-state index is 13.4. The minimum atomic E-state index is -0.394. The Bertz CT molecular complexity index is 1240. The second-order valence-corrected chi connectivity index (χ2v) is 10.6. The maximum absolute atomic E-state index is 13.4. The standard InChI is InChI=1S/C27H31ClN4O4/c1-27(2)14-22(21-10-9-20(34-3)13-23(21)35-27)29-26(33)18-7-5-11-32(15-18)16-24-30-25(31-36-24)17-6-4-8-19(28)12-17/h4,6,8-10,12-13,18,22H,5,7,11,14-16H2,1-3H3,(H,29,33). The molecular weight excluding hydrogens is 480 g/mol. The molecule has 1 amide bonds. The van der Waals surface area contributed by atoms with Crippen molar-refractivity contribution in [2.24, 2.45) is 5.92 Å². The first-order valence-corrected chi connectivity index (χ1v) is 12.7. The molecule has 1 saturated heterocycles. The summed E-state index contributed by atoms with van der Waals surface area (Å²) in [5.41, 5.74) is 1.40. The molecule has 2 aromatic carbocycles. The maximum Gasteiger partial charge on any atom is 0.241 e. The Kier molecular flexibility index (Phi) is 6.90. The number of ether oxygens (including phenoxy) is 2. The van der Waals surface area contributed by atoms with Crippen LogP contribution >= 0.6 is 11.6 Å². The van der Waals surface area contributed by atoms with Crippen molar-refractivity contribution in [1.82, 2.24) is 20.4 Å². The van der Waals surface area contributed by atoms with Crippen LogP contribution in [0.4, 0.5) is 0 Å². The van der Waals surface area contributed by atoms with Gasteiger partial charge in [-0.2, -0.15) is 4.98 Å². The molecule has 1 fully saturated rings. The summed E-state index contributed by atoms with van der Waals surface area (Å²) in [6, 6.07) is 13.0. The number of likely N-dealkylation sites (tertiary alicyclic amines) is 1. The van der Waals surface area contributed by atoms with Crippen molar-refractivity contribution in [3.8, 4) is 22.9 Å². The van der Waals surface area contributed by atoms with E-state index < -0.39 is 5.60 Å². The van der Waals surface area contributed by atoms with E-state index in [1.54, 1.807) is 7.11 Å². The molecule has 2 atom stereocenters. The number of piperidine rings is 1. The van der Waals surface area contributed by atoms with Gasteiger partial charge >= 0.3 is 0 Å². The number of amides is 1. The molecule has 36 heavy (non-hydrogen) atoms. The van der Waals surface area contributed by atoms with E-state index in [2.05, 4.69) is 20.4 Å². The van der Waals surface area contributed by atoms with Crippen LogP contribution in [0.5, 0.6) is 11.5 Å². The third kappa shape index (κ3) is 5.50. The zero-order valence-electron chi connectivity index (χ0n) is 20.8. The second kappa shape index (κ2) is 10.1. The number of carbonyl (C=O) groups is 1. The number of rotatable bonds is 6. The van der Waals surface area contributed by atoms with Crippen molar-refractivity contribution in [1.29, 1.82) is 0 Å². The fourth-order valence-electron chi connectivity index (χ4n) is 5.05. The Hall–Kier alpha value is -3.10. The van der Waals surface area contributed by atoms with Crippen molar-refractivity contribution in [2.45, 2.75) is 51.3 Å². The molecule has 0 radical (unpaired) electrons. The third-order valence-electron chi connectivity index (χ3n) is 6.78. The molecule has 1 aromatic heterocycles. The average Bonchev–Trinajstić information content (AvgIpc) is 3.31. The van der Waals surface area contributed by atoms with E-state index in [1.807, 2.05) is 56.3 Å². The summed E-state index contributed by atoms with van der Waals surface area (Å²) in [5, 5.41) is 8.03. The van der Waals surface area contributed by atoms with E-state index in [4.69, 9.17) is 25.6 Å². The summed E-state index contributed by atoms with van der Waals surface area (Å²) in [6.07, 6.45) is 2.48. The van der Waals surface area contributed by atoms with E-state index >= 15 is 0 Å². The second-order valence-electron chi connectivity index (χ2n) is 10.1. The summed E-state index contributed by atoms with van der Waals surface area (Å²) >= 11 is 6.09. The number of carbonyl (C=O) groups excluding carboxylic acids is 1. The molecule has 0 bridgehead atoms. The molecule has 3 aromatic rings. The summed E-state index contributed by atoms with van der Waals surface area (Å²) in [4.78, 5) is 20.1. The molecule has 2 aliphatic heterocycles. The van der Waals surface area contributed by atoms with Crippen LogP contribution in [0.1, 0.15) is 50.6 Å². The van der Waals surface area contributed by atoms with Crippen LogP contribution in [0.2, 0.25) is 5.02 Å². The Morgan fingerprint density at radius 2 is 2.14 bits per heavy atom. The highest BCUT2D eigenvalue weighted by atomic mass is 35.5. The van der Waals surface area contributed by atoms with Gasteiger partial charge in [0.2, 0.25) is 17.6 Å². The zero-order valence-corrected chi connectivity index (χ0v) is 21.5. The lowest BCUT2D eigenvalue weighted by Crippen LogP contribution is -2.46. The number of hydrogen-bond donors (Lipinski definition) is 1. The first kappa shape index (κ1) is 24.6. The number of nitrogens with one attached hydrogen (secondary N) is 1. The molecule has 2 unspecified atom stereocenters. The van der Waals surface area contributed by atoms with Gasteiger partial charge in [-0.3, -0.25) is 9.69 Å². The molecule has 9 heteroatoms. The number of halogens is 1. The molecule has 190 valence electrons. The monoisotopic (exact) mass is 510 g/mol. The number of aromatic nitrogens is 2. The van der Waals surface area contributed by atoms with Gasteiger partial charge in [0, 0.05) is 35.2 Å². The van der Waals surface area contributed by atoms with Crippen LogP contribution in [-0.2, 0) is 11.3 Å². The first-order chi connectivity index (χ1) is 17.3. The minimum absolute atomic E-state index is 0.0642. The normalized spacial score (nSPS) is 21.3. The van der Waals surface area contributed by atoms with Gasteiger partial charge in [0.05, 0.1) is 25.6 Å². The van der Waals surface area contributed by atoms with E-state index in [1.165, 1.54) is 0 Å². The number of benzene rings is 2. The van der Waals surface area contributed by atoms with Crippen LogP contribution < -0.4 is 14.8 Å². The molecule has 3 heterocycles. The Morgan fingerprint density at radius 1 is 1.28 bits per heavy atom. The minimum Gasteiger partial charge on any atom is -0.497 e. The van der Waals surface area contributed by atoms with Gasteiger partial charge in [-0.25, -0.2) is 0 Å². The summed E-state index contributed by atoms with van der Waals surface area (Å²) in [6.45, 7) is 6.11. The van der Waals surface area contributed by atoms with Crippen LogP contribution in [0, 0.1) is 5.92 Å². The molecule has 0 aliphatic carbocycles. The molecule has 0 saturated carbocycles. The van der Waals surface area contributed by atoms with E-state index in [0.717, 1.165) is 42.0 Å². The van der Waals surface area contributed by atoms with Crippen molar-refractivity contribution in [2.75, 3.05) is 20.2 Å². The quantitative estimate of drug-likeness (QED) is 0.497. The average molecular weight is 511 g/mol. The van der Waals surface area contributed by atoms with E-state index in [9.17, 15) is 4.79 Å². The molecule has 2 aliphatic rings. The molecule has 1 N–H and O–H groups in total. The lowest BCUT2D eigenvalue weighted by Gasteiger charge is -2.39.